The summed E-state index contributed by atoms with van der Waals surface area (Å²) in [5.74, 6) is 3.18. The fourth-order valence-corrected chi connectivity index (χ4v) is 2.69. The molecule has 2 heterocycles. The smallest absolute Gasteiger partial charge is 0.194 e. The Morgan fingerprint density at radius 1 is 1.23 bits per heavy atom. The van der Waals surface area contributed by atoms with E-state index in [2.05, 4.69) is 22.4 Å². The van der Waals surface area contributed by atoms with Gasteiger partial charge in [-0.3, -0.25) is 4.99 Å². The quantitative estimate of drug-likeness (QED) is 0.410. The minimum absolute atomic E-state index is 0. The molecule has 1 aromatic heterocycles. The van der Waals surface area contributed by atoms with E-state index in [0.717, 1.165) is 40.9 Å². The van der Waals surface area contributed by atoms with Crippen LogP contribution in [0.3, 0.4) is 0 Å². The first kappa shape index (κ1) is 20.3. The molecular weight excluding hydrogens is 447 g/mol. The number of nitrogens with zero attached hydrogens (tertiary/aromatic N) is 3. The number of hydrogen-bond acceptors (Lipinski definition) is 5. The van der Waals surface area contributed by atoms with E-state index >= 15 is 0 Å². The van der Waals surface area contributed by atoms with Crippen LogP contribution in [0.25, 0.3) is 0 Å². The minimum Gasteiger partial charge on any atom is -0.486 e. The highest BCUT2D eigenvalue weighted by Gasteiger charge is 2.14. The van der Waals surface area contributed by atoms with Gasteiger partial charge in [0.05, 0.1) is 12.2 Å². The highest BCUT2D eigenvalue weighted by atomic mass is 127. The monoisotopic (exact) mass is 472 g/mol. The SMILES string of the molecule is CCc1cc(CNC(=NC)N(C)Cc2ccc3c(c2)OCCO3)on1.I. The summed E-state index contributed by atoms with van der Waals surface area (Å²) >= 11 is 0. The first-order valence-corrected chi connectivity index (χ1v) is 8.44. The Kier molecular flexibility index (Phi) is 7.55. The van der Waals surface area contributed by atoms with Crippen LogP contribution in [-0.4, -0.2) is 43.3 Å². The summed E-state index contributed by atoms with van der Waals surface area (Å²) in [4.78, 5) is 6.37. The minimum atomic E-state index is 0. The molecule has 1 N–H and O–H groups in total. The Labute approximate surface area is 170 Å². The number of aromatic nitrogens is 1. The Morgan fingerprint density at radius 2 is 2.00 bits per heavy atom. The van der Waals surface area contributed by atoms with Gasteiger partial charge in [-0.05, 0) is 24.1 Å². The lowest BCUT2D eigenvalue weighted by atomic mass is 10.2. The summed E-state index contributed by atoms with van der Waals surface area (Å²) in [6.07, 6.45) is 0.863. The zero-order valence-corrected chi connectivity index (χ0v) is 17.6. The lowest BCUT2D eigenvalue weighted by molar-refractivity contribution is 0.171. The van der Waals surface area contributed by atoms with E-state index in [0.29, 0.717) is 26.3 Å². The first-order chi connectivity index (χ1) is 12.2. The van der Waals surface area contributed by atoms with Gasteiger partial charge >= 0.3 is 0 Å². The second-order valence-electron chi connectivity index (χ2n) is 5.87. The highest BCUT2D eigenvalue weighted by molar-refractivity contribution is 14.0. The van der Waals surface area contributed by atoms with E-state index in [9.17, 15) is 0 Å². The fourth-order valence-electron chi connectivity index (χ4n) is 2.69. The summed E-state index contributed by atoms with van der Waals surface area (Å²) in [6.45, 7) is 4.49. The molecule has 0 saturated carbocycles. The van der Waals surface area contributed by atoms with Crippen LogP contribution in [0.15, 0.2) is 33.8 Å². The molecule has 0 spiro atoms. The summed E-state index contributed by atoms with van der Waals surface area (Å²) in [5, 5.41) is 7.29. The largest absolute Gasteiger partial charge is 0.486 e. The normalized spacial score (nSPS) is 13.1. The van der Waals surface area contributed by atoms with Crippen molar-refractivity contribution in [2.24, 2.45) is 4.99 Å². The van der Waals surface area contributed by atoms with Crippen LogP contribution >= 0.6 is 24.0 Å². The van der Waals surface area contributed by atoms with Crippen LogP contribution in [-0.2, 0) is 19.5 Å². The molecule has 1 aliphatic heterocycles. The van der Waals surface area contributed by atoms with Crippen molar-refractivity contribution < 1.29 is 14.0 Å². The maximum Gasteiger partial charge on any atom is 0.194 e. The molecule has 0 aliphatic carbocycles. The maximum atomic E-state index is 5.64. The summed E-state index contributed by atoms with van der Waals surface area (Å²) in [6, 6.07) is 7.97. The van der Waals surface area contributed by atoms with E-state index in [1.54, 1.807) is 7.05 Å². The van der Waals surface area contributed by atoms with Gasteiger partial charge in [0.25, 0.3) is 0 Å². The van der Waals surface area contributed by atoms with Crippen molar-refractivity contribution in [3.05, 3.63) is 41.3 Å². The van der Waals surface area contributed by atoms with Crippen LogP contribution in [0, 0.1) is 0 Å². The third kappa shape index (κ3) is 5.03. The Morgan fingerprint density at radius 3 is 2.69 bits per heavy atom. The number of nitrogens with one attached hydrogen (secondary N) is 1. The van der Waals surface area contributed by atoms with E-state index in [1.807, 2.05) is 36.2 Å². The molecule has 8 heteroatoms. The van der Waals surface area contributed by atoms with Crippen molar-refractivity contribution in [2.45, 2.75) is 26.4 Å². The van der Waals surface area contributed by atoms with Gasteiger partial charge in [0.2, 0.25) is 0 Å². The molecule has 142 valence electrons. The molecule has 0 atom stereocenters. The number of halogens is 1. The van der Waals surface area contributed by atoms with E-state index in [4.69, 9.17) is 14.0 Å². The zero-order valence-electron chi connectivity index (χ0n) is 15.3. The van der Waals surface area contributed by atoms with E-state index < -0.39 is 0 Å². The average Bonchev–Trinajstić information content (AvgIpc) is 3.10. The van der Waals surface area contributed by atoms with Gasteiger partial charge < -0.3 is 24.2 Å². The van der Waals surface area contributed by atoms with Crippen LogP contribution in [0.2, 0.25) is 0 Å². The van der Waals surface area contributed by atoms with Crippen molar-refractivity contribution in [1.82, 2.24) is 15.4 Å². The van der Waals surface area contributed by atoms with Crippen LogP contribution in [0.5, 0.6) is 11.5 Å². The Bertz CT molecular complexity index is 748. The second-order valence-corrected chi connectivity index (χ2v) is 5.87. The number of rotatable bonds is 5. The number of benzene rings is 1. The summed E-state index contributed by atoms with van der Waals surface area (Å²) < 4.78 is 16.5. The molecule has 3 rings (SSSR count). The molecule has 0 fully saturated rings. The molecule has 0 amide bonds. The second kappa shape index (κ2) is 9.65. The third-order valence-electron chi connectivity index (χ3n) is 3.99. The Balaban J connectivity index is 0.00000243. The third-order valence-corrected chi connectivity index (χ3v) is 3.99. The molecule has 1 aromatic carbocycles. The summed E-state index contributed by atoms with van der Waals surface area (Å²) in [7, 11) is 3.75. The molecule has 0 bridgehead atoms. The number of fused-ring (bicyclic) bond motifs is 1. The number of hydrogen-bond donors (Lipinski definition) is 1. The molecule has 7 nitrogen and oxygen atoms in total. The van der Waals surface area contributed by atoms with Crippen LogP contribution in [0.1, 0.15) is 23.9 Å². The number of aliphatic imine (C=N–C) groups is 1. The van der Waals surface area contributed by atoms with Gasteiger partial charge in [-0.1, -0.05) is 18.1 Å². The molecule has 0 saturated heterocycles. The van der Waals surface area contributed by atoms with Gasteiger partial charge in [0.1, 0.15) is 13.2 Å². The number of aryl methyl sites for hydroxylation is 1. The molecule has 0 unspecified atom stereocenters. The van der Waals surface area contributed by atoms with Crippen molar-refractivity contribution in [3.8, 4) is 11.5 Å². The molecule has 26 heavy (non-hydrogen) atoms. The summed E-state index contributed by atoms with van der Waals surface area (Å²) in [5.41, 5.74) is 2.08. The van der Waals surface area contributed by atoms with Crippen LogP contribution < -0.4 is 14.8 Å². The van der Waals surface area contributed by atoms with E-state index in [-0.39, 0.29) is 24.0 Å². The molecule has 2 aromatic rings. The predicted molar refractivity (Wildman–Crippen MR) is 110 cm³/mol. The number of ether oxygens (including phenoxy) is 2. The molecule has 0 radical (unpaired) electrons. The number of guanidine groups is 1. The van der Waals surface area contributed by atoms with Crippen molar-refractivity contribution >= 4 is 29.9 Å². The van der Waals surface area contributed by atoms with Gasteiger partial charge in [-0.25, -0.2) is 0 Å². The van der Waals surface area contributed by atoms with Gasteiger partial charge in [-0.15, -0.1) is 24.0 Å². The van der Waals surface area contributed by atoms with Crippen molar-refractivity contribution in [1.29, 1.82) is 0 Å². The maximum absolute atomic E-state index is 5.64. The lowest BCUT2D eigenvalue weighted by Gasteiger charge is -2.23. The topological polar surface area (TPSA) is 72.1 Å². The van der Waals surface area contributed by atoms with E-state index in [1.165, 1.54) is 0 Å². The zero-order chi connectivity index (χ0) is 17.6. The highest BCUT2D eigenvalue weighted by Crippen LogP contribution is 2.31. The van der Waals surface area contributed by atoms with Crippen molar-refractivity contribution in [3.63, 3.8) is 0 Å². The fraction of sp³-hybridized carbons (Fsp3) is 0.444. The molecular formula is C18H25IN4O3. The van der Waals surface area contributed by atoms with Crippen molar-refractivity contribution in [2.75, 3.05) is 27.3 Å². The van der Waals surface area contributed by atoms with Gasteiger partial charge in [0.15, 0.2) is 23.2 Å². The lowest BCUT2D eigenvalue weighted by Crippen LogP contribution is -2.38. The van der Waals surface area contributed by atoms with Crippen LogP contribution in [0.4, 0.5) is 0 Å². The molecule has 1 aliphatic rings. The first-order valence-electron chi connectivity index (χ1n) is 8.44. The van der Waals surface area contributed by atoms with Gasteiger partial charge in [-0.2, -0.15) is 0 Å². The Hall–Kier alpha value is -1.97. The standard InChI is InChI=1S/C18H24N4O3.HI/c1-4-14-10-15(25-21-14)11-20-18(19-2)22(3)12-13-5-6-16-17(9-13)24-8-7-23-16;/h5-6,9-10H,4,7-8,11-12H2,1-3H3,(H,19,20);1H. The predicted octanol–water partition coefficient (Wildman–Crippen LogP) is 2.83. The van der Waals surface area contributed by atoms with Gasteiger partial charge in [0, 0.05) is 26.7 Å². The average molecular weight is 472 g/mol.